The van der Waals surface area contributed by atoms with Gasteiger partial charge in [0.2, 0.25) is 0 Å². The number of hydrogen-bond donors (Lipinski definition) is 2. The third-order valence-electron chi connectivity index (χ3n) is 4.86. The monoisotopic (exact) mass is 312 g/mol. The zero-order valence-corrected chi connectivity index (χ0v) is 15.4. The molecule has 0 saturated heterocycles. The van der Waals surface area contributed by atoms with E-state index in [1.54, 1.807) is 0 Å². The summed E-state index contributed by atoms with van der Waals surface area (Å²) in [5, 5.41) is 20.5. The van der Waals surface area contributed by atoms with Crippen molar-refractivity contribution in [2.45, 2.75) is 77.3 Å². The highest BCUT2D eigenvalue weighted by molar-refractivity contribution is 6.74. The van der Waals surface area contributed by atoms with Crippen LogP contribution in [0.1, 0.15) is 47.0 Å². The Labute approximate surface area is 130 Å². The minimum Gasteiger partial charge on any atom is -0.417 e. The highest BCUT2D eigenvalue weighted by Crippen LogP contribution is 2.36. The van der Waals surface area contributed by atoms with Crippen molar-refractivity contribution < 1.29 is 14.6 Å². The van der Waals surface area contributed by atoms with E-state index in [0.717, 1.165) is 17.6 Å². The second kappa shape index (κ2) is 7.23. The lowest BCUT2D eigenvalue weighted by Gasteiger charge is -2.36. The predicted molar refractivity (Wildman–Crippen MR) is 90.9 cm³/mol. The Kier molecular flexibility index (Phi) is 6.41. The molecule has 122 valence electrons. The van der Waals surface area contributed by atoms with E-state index < -0.39 is 20.5 Å². The first-order valence-electron chi connectivity index (χ1n) is 7.92. The maximum atomic E-state index is 10.1. The van der Waals surface area contributed by atoms with Crippen LogP contribution in [0.25, 0.3) is 0 Å². The van der Waals surface area contributed by atoms with Gasteiger partial charge in [-0.1, -0.05) is 38.5 Å². The van der Waals surface area contributed by atoms with Gasteiger partial charge < -0.3 is 14.6 Å². The van der Waals surface area contributed by atoms with E-state index in [-0.39, 0.29) is 5.04 Å². The normalized spacial score (nSPS) is 24.2. The summed E-state index contributed by atoms with van der Waals surface area (Å²) in [5.74, 6) is 0. The molecule has 21 heavy (non-hydrogen) atoms. The highest BCUT2D eigenvalue weighted by Gasteiger charge is 2.36. The molecule has 1 aliphatic carbocycles. The third kappa shape index (κ3) is 5.06. The first-order valence-corrected chi connectivity index (χ1v) is 10.8. The highest BCUT2D eigenvalue weighted by atomic mass is 28.4. The predicted octanol–water partition coefficient (Wildman–Crippen LogP) is 3.79. The molecule has 2 atom stereocenters. The van der Waals surface area contributed by atoms with Crippen LogP contribution in [-0.2, 0) is 4.43 Å². The molecule has 0 aromatic heterocycles. The Bertz CT molecular complexity index is 389. The van der Waals surface area contributed by atoms with Gasteiger partial charge in [0.15, 0.2) is 8.32 Å². The van der Waals surface area contributed by atoms with E-state index in [0.29, 0.717) is 19.4 Å². The van der Waals surface area contributed by atoms with Crippen molar-refractivity contribution in [3.05, 3.63) is 23.3 Å². The van der Waals surface area contributed by atoms with Crippen LogP contribution >= 0.6 is 0 Å². The summed E-state index contributed by atoms with van der Waals surface area (Å²) >= 11 is 0. The molecule has 2 N–H and O–H groups in total. The molecule has 1 saturated carbocycles. The van der Waals surface area contributed by atoms with Gasteiger partial charge in [-0.15, -0.1) is 0 Å². The second-order valence-corrected chi connectivity index (χ2v) is 12.3. The summed E-state index contributed by atoms with van der Waals surface area (Å²) in [5.41, 5.74) is 1.89. The van der Waals surface area contributed by atoms with Crippen LogP contribution in [0.15, 0.2) is 23.3 Å². The number of aliphatic hydroxyl groups is 2. The Morgan fingerprint density at radius 1 is 1.19 bits per heavy atom. The molecule has 4 heteroatoms. The molecule has 0 unspecified atom stereocenters. The Morgan fingerprint density at radius 2 is 1.71 bits per heavy atom. The van der Waals surface area contributed by atoms with Crippen molar-refractivity contribution in [2.75, 3.05) is 6.61 Å². The first-order chi connectivity index (χ1) is 9.58. The van der Waals surface area contributed by atoms with Crippen LogP contribution in [0.3, 0.4) is 0 Å². The van der Waals surface area contributed by atoms with Crippen molar-refractivity contribution in [1.82, 2.24) is 0 Å². The minimum absolute atomic E-state index is 0.213. The van der Waals surface area contributed by atoms with Crippen LogP contribution in [-0.4, -0.2) is 37.3 Å². The quantitative estimate of drug-likeness (QED) is 0.472. The van der Waals surface area contributed by atoms with Crippen LogP contribution in [0.2, 0.25) is 18.1 Å². The fraction of sp³-hybridized carbons (Fsp3) is 0.765. The largest absolute Gasteiger partial charge is 0.417 e. The standard InChI is InChI=1S/C17H32O3Si/c1-7-13-11-15(18)14(16(19)12-13)9-8-10-20-21(5,6)17(2,3)4/h7,9,15-16,18-19H,8,10-12H2,1-6H3/t15-,16-/m1/s1. The van der Waals surface area contributed by atoms with Crippen molar-refractivity contribution in [3.63, 3.8) is 0 Å². The zero-order chi connectivity index (χ0) is 16.3. The Morgan fingerprint density at radius 3 is 2.14 bits per heavy atom. The summed E-state index contributed by atoms with van der Waals surface area (Å²) in [6.07, 6.45) is 4.89. The Hall–Kier alpha value is -0.423. The zero-order valence-electron chi connectivity index (χ0n) is 14.4. The van der Waals surface area contributed by atoms with E-state index in [9.17, 15) is 10.2 Å². The van der Waals surface area contributed by atoms with E-state index in [2.05, 4.69) is 33.9 Å². The maximum absolute atomic E-state index is 10.1. The van der Waals surface area contributed by atoms with Gasteiger partial charge in [-0.25, -0.2) is 0 Å². The van der Waals surface area contributed by atoms with Crippen LogP contribution in [0.4, 0.5) is 0 Å². The average molecular weight is 313 g/mol. The maximum Gasteiger partial charge on any atom is 0.191 e. The summed E-state index contributed by atoms with van der Waals surface area (Å²) in [7, 11) is -1.71. The minimum atomic E-state index is -1.71. The summed E-state index contributed by atoms with van der Waals surface area (Å²) < 4.78 is 6.12. The summed E-state index contributed by atoms with van der Waals surface area (Å²) in [6.45, 7) is 13.8. The van der Waals surface area contributed by atoms with Gasteiger partial charge in [-0.3, -0.25) is 0 Å². The van der Waals surface area contributed by atoms with Crippen LogP contribution < -0.4 is 0 Å². The fourth-order valence-electron chi connectivity index (χ4n) is 2.30. The van der Waals surface area contributed by atoms with Crippen LogP contribution in [0.5, 0.6) is 0 Å². The van der Waals surface area contributed by atoms with Gasteiger partial charge >= 0.3 is 0 Å². The molecular formula is C17H32O3Si. The van der Waals surface area contributed by atoms with Gasteiger partial charge in [0.1, 0.15) is 0 Å². The topological polar surface area (TPSA) is 49.7 Å². The lowest BCUT2D eigenvalue weighted by molar-refractivity contribution is 0.121. The van der Waals surface area contributed by atoms with Gasteiger partial charge in [-0.05, 0) is 49.9 Å². The lowest BCUT2D eigenvalue weighted by atomic mass is 9.85. The first kappa shape index (κ1) is 18.6. The molecule has 0 spiro atoms. The molecule has 3 nitrogen and oxygen atoms in total. The van der Waals surface area contributed by atoms with E-state index in [4.69, 9.17) is 4.43 Å². The van der Waals surface area contributed by atoms with Crippen molar-refractivity contribution in [2.24, 2.45) is 0 Å². The molecule has 1 fully saturated rings. The van der Waals surface area contributed by atoms with Gasteiger partial charge in [0, 0.05) is 6.61 Å². The van der Waals surface area contributed by atoms with E-state index in [1.807, 2.05) is 19.1 Å². The lowest BCUT2D eigenvalue weighted by Crippen LogP contribution is -2.40. The van der Waals surface area contributed by atoms with E-state index in [1.165, 1.54) is 0 Å². The molecule has 0 aliphatic heterocycles. The van der Waals surface area contributed by atoms with Crippen LogP contribution in [0, 0.1) is 0 Å². The smallest absolute Gasteiger partial charge is 0.191 e. The fourth-order valence-corrected chi connectivity index (χ4v) is 3.36. The Balaban J connectivity index is 2.54. The third-order valence-corrected chi connectivity index (χ3v) is 9.39. The van der Waals surface area contributed by atoms with Gasteiger partial charge in [-0.2, -0.15) is 0 Å². The second-order valence-electron chi connectivity index (χ2n) is 7.49. The van der Waals surface area contributed by atoms with Gasteiger partial charge in [0.25, 0.3) is 0 Å². The molecule has 1 rings (SSSR count). The number of hydrogen-bond acceptors (Lipinski definition) is 3. The van der Waals surface area contributed by atoms with Gasteiger partial charge in [0.05, 0.1) is 12.2 Å². The SMILES string of the molecule is CC=C1C[C@@H](O)C(=CCCO[Si](C)(C)C(C)(C)C)[C@H](O)C1. The molecule has 0 bridgehead atoms. The molecule has 0 heterocycles. The number of rotatable bonds is 4. The molecule has 0 radical (unpaired) electrons. The number of allylic oxidation sites excluding steroid dienone is 1. The van der Waals surface area contributed by atoms with Crippen molar-refractivity contribution in [1.29, 1.82) is 0 Å². The van der Waals surface area contributed by atoms with Crippen molar-refractivity contribution >= 4 is 8.32 Å². The molecule has 0 amide bonds. The summed E-state index contributed by atoms with van der Waals surface area (Å²) in [4.78, 5) is 0. The summed E-state index contributed by atoms with van der Waals surface area (Å²) in [6, 6.07) is 0. The average Bonchev–Trinajstić information content (AvgIpc) is 2.35. The molecule has 1 aliphatic rings. The number of aliphatic hydroxyl groups excluding tert-OH is 2. The van der Waals surface area contributed by atoms with Crippen molar-refractivity contribution in [3.8, 4) is 0 Å². The molecule has 0 aromatic carbocycles. The molecular weight excluding hydrogens is 280 g/mol. The van der Waals surface area contributed by atoms with E-state index >= 15 is 0 Å². The molecule has 0 aromatic rings.